The SMILES string of the molecule is CC(C)(C)OC(=O)N1CCC(NCc2nccs2)CC1. The molecular weight excluding hydrogens is 274 g/mol. The minimum Gasteiger partial charge on any atom is -0.444 e. The van der Waals surface area contributed by atoms with Crippen molar-refractivity contribution in [1.82, 2.24) is 15.2 Å². The molecule has 1 N–H and O–H groups in total. The van der Waals surface area contributed by atoms with Crippen LogP contribution in [0.4, 0.5) is 4.79 Å². The maximum atomic E-state index is 11.9. The number of amides is 1. The molecule has 1 aromatic rings. The molecule has 5 nitrogen and oxygen atoms in total. The van der Waals surface area contributed by atoms with Crippen molar-refractivity contribution in [2.24, 2.45) is 0 Å². The third-order valence-electron chi connectivity index (χ3n) is 3.17. The predicted octanol–water partition coefficient (Wildman–Crippen LogP) is 2.63. The predicted molar refractivity (Wildman–Crippen MR) is 79.8 cm³/mol. The first-order valence-electron chi connectivity index (χ1n) is 7.04. The van der Waals surface area contributed by atoms with Gasteiger partial charge in [0.05, 0.1) is 0 Å². The van der Waals surface area contributed by atoms with E-state index in [1.165, 1.54) is 0 Å². The van der Waals surface area contributed by atoms with Gasteiger partial charge in [0, 0.05) is 37.3 Å². The number of likely N-dealkylation sites (tertiary alicyclic amines) is 1. The van der Waals surface area contributed by atoms with Gasteiger partial charge >= 0.3 is 6.09 Å². The minimum atomic E-state index is -0.420. The van der Waals surface area contributed by atoms with Gasteiger partial charge in [-0.15, -0.1) is 11.3 Å². The molecule has 0 aromatic carbocycles. The van der Waals surface area contributed by atoms with Crippen LogP contribution in [0.1, 0.15) is 38.6 Å². The number of rotatable bonds is 3. The van der Waals surface area contributed by atoms with E-state index in [0.717, 1.165) is 37.5 Å². The minimum absolute atomic E-state index is 0.198. The molecular formula is C14H23N3O2S. The zero-order valence-corrected chi connectivity index (χ0v) is 13.2. The Hall–Kier alpha value is -1.14. The number of nitrogens with zero attached hydrogens (tertiary/aromatic N) is 2. The van der Waals surface area contributed by atoms with Crippen LogP contribution in [0, 0.1) is 0 Å². The van der Waals surface area contributed by atoms with Crippen molar-refractivity contribution in [3.63, 3.8) is 0 Å². The van der Waals surface area contributed by atoms with Gasteiger partial charge in [0.15, 0.2) is 0 Å². The Balaban J connectivity index is 1.71. The van der Waals surface area contributed by atoms with E-state index in [0.29, 0.717) is 6.04 Å². The lowest BCUT2D eigenvalue weighted by molar-refractivity contribution is 0.0198. The molecule has 0 spiro atoms. The molecule has 0 saturated carbocycles. The standard InChI is InChI=1S/C14H23N3O2S/c1-14(2,3)19-13(18)17-7-4-11(5-8-17)16-10-12-15-6-9-20-12/h6,9,11,16H,4-5,7-8,10H2,1-3H3. The van der Waals surface area contributed by atoms with Crippen LogP contribution in [0.25, 0.3) is 0 Å². The number of aromatic nitrogens is 1. The summed E-state index contributed by atoms with van der Waals surface area (Å²) in [5, 5.41) is 6.60. The van der Waals surface area contributed by atoms with Crippen LogP contribution < -0.4 is 5.32 Å². The fourth-order valence-corrected chi connectivity index (χ4v) is 2.73. The van der Waals surface area contributed by atoms with Gasteiger partial charge in [-0.3, -0.25) is 0 Å². The van der Waals surface area contributed by atoms with E-state index in [4.69, 9.17) is 4.74 Å². The largest absolute Gasteiger partial charge is 0.444 e. The van der Waals surface area contributed by atoms with E-state index in [-0.39, 0.29) is 6.09 Å². The molecule has 0 bridgehead atoms. The fourth-order valence-electron chi connectivity index (χ4n) is 2.16. The third-order valence-corrected chi connectivity index (χ3v) is 3.95. The molecule has 2 rings (SSSR count). The molecule has 1 saturated heterocycles. The van der Waals surface area contributed by atoms with E-state index in [2.05, 4.69) is 10.3 Å². The van der Waals surface area contributed by atoms with Crippen LogP contribution in [0.15, 0.2) is 11.6 Å². The summed E-state index contributed by atoms with van der Waals surface area (Å²) in [7, 11) is 0. The van der Waals surface area contributed by atoms with Crippen molar-refractivity contribution in [3.8, 4) is 0 Å². The normalized spacial score (nSPS) is 17.2. The molecule has 112 valence electrons. The van der Waals surface area contributed by atoms with Gasteiger partial charge in [-0.25, -0.2) is 9.78 Å². The van der Waals surface area contributed by atoms with E-state index >= 15 is 0 Å². The second kappa shape index (κ2) is 6.54. The average Bonchev–Trinajstić information content (AvgIpc) is 2.88. The van der Waals surface area contributed by atoms with Crippen LogP contribution >= 0.6 is 11.3 Å². The number of carbonyl (C=O) groups is 1. The average molecular weight is 297 g/mol. The van der Waals surface area contributed by atoms with E-state index < -0.39 is 5.60 Å². The Morgan fingerprint density at radius 2 is 2.20 bits per heavy atom. The van der Waals surface area contributed by atoms with Gasteiger partial charge in [-0.2, -0.15) is 0 Å². The first-order chi connectivity index (χ1) is 9.44. The molecule has 0 unspecified atom stereocenters. The van der Waals surface area contributed by atoms with Crippen molar-refractivity contribution in [3.05, 3.63) is 16.6 Å². The van der Waals surface area contributed by atoms with Gasteiger partial charge in [0.25, 0.3) is 0 Å². The molecule has 1 amide bonds. The molecule has 1 aliphatic rings. The summed E-state index contributed by atoms with van der Waals surface area (Å²) >= 11 is 1.67. The summed E-state index contributed by atoms with van der Waals surface area (Å²) in [5.41, 5.74) is -0.420. The maximum absolute atomic E-state index is 11.9. The fraction of sp³-hybridized carbons (Fsp3) is 0.714. The van der Waals surface area contributed by atoms with Crippen molar-refractivity contribution in [2.45, 2.75) is 51.8 Å². The lowest BCUT2D eigenvalue weighted by Crippen LogP contribution is -2.46. The number of thiazole rings is 1. The van der Waals surface area contributed by atoms with Gasteiger partial charge in [0.2, 0.25) is 0 Å². The van der Waals surface area contributed by atoms with Gasteiger partial charge in [0.1, 0.15) is 10.6 Å². The number of carbonyl (C=O) groups excluding carboxylic acids is 1. The molecule has 0 atom stereocenters. The van der Waals surface area contributed by atoms with Gasteiger partial charge < -0.3 is 15.0 Å². The number of piperidine rings is 1. The molecule has 6 heteroatoms. The third kappa shape index (κ3) is 4.76. The zero-order chi connectivity index (χ0) is 14.6. The van der Waals surface area contributed by atoms with E-state index in [9.17, 15) is 4.79 Å². The van der Waals surface area contributed by atoms with Crippen molar-refractivity contribution < 1.29 is 9.53 Å². The summed E-state index contributed by atoms with van der Waals surface area (Å²) in [4.78, 5) is 18.0. The maximum Gasteiger partial charge on any atom is 0.410 e. The summed E-state index contributed by atoms with van der Waals surface area (Å²) in [5.74, 6) is 0. The highest BCUT2D eigenvalue weighted by atomic mass is 32.1. The molecule has 2 heterocycles. The number of nitrogens with one attached hydrogen (secondary N) is 1. The van der Waals surface area contributed by atoms with Crippen LogP contribution in [0.5, 0.6) is 0 Å². The van der Waals surface area contributed by atoms with Crippen LogP contribution in [-0.4, -0.2) is 40.7 Å². The Bertz CT molecular complexity index is 420. The van der Waals surface area contributed by atoms with Crippen LogP contribution in [-0.2, 0) is 11.3 Å². The summed E-state index contributed by atoms with van der Waals surface area (Å²) in [6.07, 6.45) is 3.55. The Morgan fingerprint density at radius 3 is 2.75 bits per heavy atom. The van der Waals surface area contributed by atoms with Gasteiger partial charge in [-0.1, -0.05) is 0 Å². The zero-order valence-electron chi connectivity index (χ0n) is 12.4. The quantitative estimate of drug-likeness (QED) is 0.932. The Kier molecular flexibility index (Phi) is 4.99. The van der Waals surface area contributed by atoms with Crippen molar-refractivity contribution in [2.75, 3.05) is 13.1 Å². The Labute approximate surface area is 124 Å². The van der Waals surface area contributed by atoms with Crippen molar-refractivity contribution in [1.29, 1.82) is 0 Å². The molecule has 20 heavy (non-hydrogen) atoms. The number of hydrogen-bond acceptors (Lipinski definition) is 5. The lowest BCUT2D eigenvalue weighted by Gasteiger charge is -2.33. The van der Waals surface area contributed by atoms with E-state index in [1.807, 2.05) is 32.3 Å². The van der Waals surface area contributed by atoms with Crippen LogP contribution in [0.3, 0.4) is 0 Å². The molecule has 1 fully saturated rings. The lowest BCUT2D eigenvalue weighted by atomic mass is 10.1. The monoisotopic (exact) mass is 297 g/mol. The topological polar surface area (TPSA) is 54.5 Å². The van der Waals surface area contributed by atoms with E-state index in [1.54, 1.807) is 16.2 Å². The first kappa shape index (κ1) is 15.3. The Morgan fingerprint density at radius 1 is 1.50 bits per heavy atom. The summed E-state index contributed by atoms with van der Waals surface area (Å²) in [6, 6.07) is 0.456. The summed E-state index contributed by atoms with van der Waals surface area (Å²) < 4.78 is 5.39. The second-order valence-corrected chi connectivity index (χ2v) is 7.03. The smallest absolute Gasteiger partial charge is 0.410 e. The highest BCUT2D eigenvalue weighted by Crippen LogP contribution is 2.16. The van der Waals surface area contributed by atoms with Gasteiger partial charge in [-0.05, 0) is 33.6 Å². The molecule has 1 aromatic heterocycles. The first-order valence-corrected chi connectivity index (χ1v) is 7.92. The molecule has 0 aliphatic carbocycles. The molecule has 1 aliphatic heterocycles. The number of ether oxygens (including phenoxy) is 1. The highest BCUT2D eigenvalue weighted by molar-refractivity contribution is 7.09. The highest BCUT2D eigenvalue weighted by Gasteiger charge is 2.26. The van der Waals surface area contributed by atoms with Crippen LogP contribution in [0.2, 0.25) is 0 Å². The molecule has 0 radical (unpaired) electrons. The summed E-state index contributed by atoms with van der Waals surface area (Å²) in [6.45, 7) is 8.01. The second-order valence-electron chi connectivity index (χ2n) is 6.05. The number of hydrogen-bond donors (Lipinski definition) is 1. The van der Waals surface area contributed by atoms with Crippen molar-refractivity contribution >= 4 is 17.4 Å².